The number of aromatic nitrogens is 3. The summed E-state index contributed by atoms with van der Waals surface area (Å²) in [5.41, 5.74) is 1.24. The smallest absolute Gasteiger partial charge is 0.227 e. The number of hydrogen-bond acceptors (Lipinski definition) is 6. The van der Waals surface area contributed by atoms with Crippen LogP contribution in [0.4, 0.5) is 5.95 Å². The number of hydrogen-bond donors (Lipinski definition) is 0. The van der Waals surface area contributed by atoms with Crippen molar-refractivity contribution in [1.29, 1.82) is 0 Å². The minimum atomic E-state index is -3.21. The third kappa shape index (κ3) is 2.63. The van der Waals surface area contributed by atoms with E-state index in [0.29, 0.717) is 12.4 Å². The van der Waals surface area contributed by atoms with E-state index in [1.165, 1.54) is 21.0 Å². The van der Waals surface area contributed by atoms with Crippen molar-refractivity contribution in [2.45, 2.75) is 25.4 Å². The molecule has 0 bridgehead atoms. The summed E-state index contributed by atoms with van der Waals surface area (Å²) in [4.78, 5) is 3.51. The molecule has 0 radical (unpaired) electrons. The van der Waals surface area contributed by atoms with Crippen LogP contribution in [-0.2, 0) is 30.0 Å². The normalized spacial score (nSPS) is 21.6. The highest BCUT2D eigenvalue weighted by molar-refractivity contribution is 7.88. The van der Waals surface area contributed by atoms with Crippen LogP contribution in [0.3, 0.4) is 0 Å². The Kier molecular flexibility index (Phi) is 3.87. The molecular formula is C14H18ClN5O2S2. The summed E-state index contributed by atoms with van der Waals surface area (Å²) in [7, 11) is -1.31. The first kappa shape index (κ1) is 16.3. The molecule has 1 unspecified atom stereocenters. The quantitative estimate of drug-likeness (QED) is 0.803. The zero-order chi connectivity index (χ0) is 17.1. The van der Waals surface area contributed by atoms with Crippen molar-refractivity contribution in [3.05, 3.63) is 26.7 Å². The third-order valence-corrected chi connectivity index (χ3v) is 7.35. The standard InChI is InChI=1S/C14H18ClN5O2S2/c1-18-13(10-3-6-20(10)24(2,21)22)16-17-14(18)19-5-4-11-9(8-19)7-12(15)23-11/h7,10H,3-6,8H2,1-2H3. The first-order chi connectivity index (χ1) is 11.3. The molecule has 0 N–H and O–H groups in total. The monoisotopic (exact) mass is 387 g/mol. The molecule has 0 spiro atoms. The Morgan fingerprint density at radius 1 is 1.33 bits per heavy atom. The van der Waals surface area contributed by atoms with Gasteiger partial charge in [-0.3, -0.25) is 4.57 Å². The van der Waals surface area contributed by atoms with Crippen LogP contribution in [0.1, 0.15) is 28.7 Å². The predicted molar refractivity (Wildman–Crippen MR) is 94.0 cm³/mol. The molecule has 1 fully saturated rings. The molecule has 0 aromatic carbocycles. The molecule has 2 aliphatic rings. The van der Waals surface area contributed by atoms with E-state index in [0.717, 1.165) is 36.2 Å². The lowest BCUT2D eigenvalue weighted by Gasteiger charge is -2.37. The lowest BCUT2D eigenvalue weighted by atomic mass is 10.1. The Morgan fingerprint density at radius 3 is 2.79 bits per heavy atom. The lowest BCUT2D eigenvalue weighted by molar-refractivity contribution is 0.190. The van der Waals surface area contributed by atoms with Crippen LogP contribution in [-0.4, -0.2) is 46.8 Å². The SMILES string of the molecule is Cn1c(C2CCN2S(C)(=O)=O)nnc1N1CCc2sc(Cl)cc2C1. The van der Waals surface area contributed by atoms with Gasteiger partial charge in [0, 0.05) is 31.6 Å². The van der Waals surface area contributed by atoms with E-state index in [1.54, 1.807) is 11.3 Å². The highest BCUT2D eigenvalue weighted by atomic mass is 35.5. The third-order valence-electron chi connectivity index (χ3n) is 4.70. The molecule has 0 aliphatic carbocycles. The number of rotatable bonds is 3. The lowest BCUT2D eigenvalue weighted by Crippen LogP contribution is -2.45. The zero-order valence-corrected chi connectivity index (χ0v) is 15.8. The van der Waals surface area contributed by atoms with Crippen molar-refractivity contribution in [3.63, 3.8) is 0 Å². The van der Waals surface area contributed by atoms with E-state index < -0.39 is 10.0 Å². The molecular weight excluding hydrogens is 370 g/mol. The summed E-state index contributed by atoms with van der Waals surface area (Å²) in [6.07, 6.45) is 2.96. The summed E-state index contributed by atoms with van der Waals surface area (Å²) < 4.78 is 27.8. The minimum absolute atomic E-state index is 0.206. The van der Waals surface area contributed by atoms with Crippen molar-refractivity contribution in [1.82, 2.24) is 19.1 Å². The summed E-state index contributed by atoms with van der Waals surface area (Å²) in [5.74, 6) is 1.48. The molecule has 0 amide bonds. The van der Waals surface area contributed by atoms with Crippen molar-refractivity contribution >= 4 is 38.9 Å². The van der Waals surface area contributed by atoms with Crippen LogP contribution in [0.5, 0.6) is 0 Å². The second kappa shape index (κ2) is 5.69. The van der Waals surface area contributed by atoms with Gasteiger partial charge >= 0.3 is 0 Å². The number of nitrogens with zero attached hydrogens (tertiary/aromatic N) is 5. The number of anilines is 1. The van der Waals surface area contributed by atoms with Gasteiger partial charge in [-0.25, -0.2) is 8.42 Å². The fourth-order valence-electron chi connectivity index (χ4n) is 3.38. The van der Waals surface area contributed by atoms with E-state index in [1.807, 2.05) is 17.7 Å². The molecule has 10 heteroatoms. The number of fused-ring (bicyclic) bond motifs is 1. The topological polar surface area (TPSA) is 71.3 Å². The maximum atomic E-state index is 11.8. The average Bonchev–Trinajstić information content (AvgIpc) is 2.98. The van der Waals surface area contributed by atoms with Gasteiger partial charge in [0.25, 0.3) is 0 Å². The van der Waals surface area contributed by atoms with Crippen LogP contribution < -0.4 is 4.90 Å². The first-order valence-corrected chi connectivity index (χ1v) is 10.8. The Morgan fingerprint density at radius 2 is 2.12 bits per heavy atom. The van der Waals surface area contributed by atoms with Gasteiger partial charge in [0.05, 0.1) is 16.6 Å². The Bertz CT molecular complexity index is 891. The summed E-state index contributed by atoms with van der Waals surface area (Å²) in [6, 6.07) is 1.81. The molecule has 2 aliphatic heterocycles. The van der Waals surface area contributed by atoms with Crippen LogP contribution in [0, 0.1) is 0 Å². The second-order valence-corrected chi connectivity index (χ2v) is 9.97. The van der Waals surface area contributed by atoms with E-state index >= 15 is 0 Å². The van der Waals surface area contributed by atoms with Gasteiger partial charge in [-0.15, -0.1) is 21.5 Å². The van der Waals surface area contributed by atoms with Crippen LogP contribution in [0.2, 0.25) is 4.34 Å². The fourth-order valence-corrected chi connectivity index (χ4v) is 5.78. The fraction of sp³-hybridized carbons (Fsp3) is 0.571. The maximum absolute atomic E-state index is 11.8. The second-order valence-electron chi connectivity index (χ2n) is 6.27. The van der Waals surface area contributed by atoms with Crippen LogP contribution in [0.25, 0.3) is 0 Å². The minimum Gasteiger partial charge on any atom is -0.336 e. The largest absolute Gasteiger partial charge is 0.336 e. The molecule has 2 aromatic rings. The van der Waals surface area contributed by atoms with Crippen molar-refractivity contribution < 1.29 is 8.42 Å². The average molecular weight is 388 g/mol. The summed E-state index contributed by atoms with van der Waals surface area (Å²) in [5, 5.41) is 8.61. The van der Waals surface area contributed by atoms with Crippen molar-refractivity contribution in [3.8, 4) is 0 Å². The highest BCUT2D eigenvalue weighted by Crippen LogP contribution is 2.36. The highest BCUT2D eigenvalue weighted by Gasteiger charge is 2.39. The molecule has 4 rings (SSSR count). The number of sulfonamides is 1. The number of halogens is 1. The van der Waals surface area contributed by atoms with Gasteiger partial charge in [-0.05, 0) is 24.5 Å². The summed E-state index contributed by atoms with van der Waals surface area (Å²) >= 11 is 7.75. The number of thiophene rings is 1. The van der Waals surface area contributed by atoms with E-state index in [4.69, 9.17) is 11.6 Å². The van der Waals surface area contributed by atoms with Crippen molar-refractivity contribution in [2.24, 2.45) is 7.05 Å². The Balaban J connectivity index is 1.59. The Labute approximate surface area is 149 Å². The molecule has 1 atom stereocenters. The molecule has 1 saturated heterocycles. The van der Waals surface area contributed by atoms with Gasteiger partial charge in [-0.1, -0.05) is 11.6 Å². The van der Waals surface area contributed by atoms with Gasteiger partial charge in [0.2, 0.25) is 16.0 Å². The Hall–Kier alpha value is -1.16. The first-order valence-electron chi connectivity index (χ1n) is 7.72. The van der Waals surface area contributed by atoms with Gasteiger partial charge in [-0.2, -0.15) is 4.31 Å². The molecule has 0 saturated carbocycles. The van der Waals surface area contributed by atoms with E-state index in [2.05, 4.69) is 15.1 Å². The maximum Gasteiger partial charge on any atom is 0.227 e. The molecule has 130 valence electrons. The predicted octanol–water partition coefficient (Wildman–Crippen LogP) is 1.80. The molecule has 24 heavy (non-hydrogen) atoms. The van der Waals surface area contributed by atoms with Crippen LogP contribution >= 0.6 is 22.9 Å². The molecule has 4 heterocycles. The zero-order valence-electron chi connectivity index (χ0n) is 13.4. The molecule has 7 nitrogen and oxygen atoms in total. The van der Waals surface area contributed by atoms with Gasteiger partial charge in [0.1, 0.15) is 0 Å². The van der Waals surface area contributed by atoms with Crippen LogP contribution in [0.15, 0.2) is 6.07 Å². The summed E-state index contributed by atoms with van der Waals surface area (Å²) in [6.45, 7) is 2.16. The van der Waals surface area contributed by atoms with Gasteiger partial charge < -0.3 is 4.90 Å². The van der Waals surface area contributed by atoms with Crippen molar-refractivity contribution in [2.75, 3.05) is 24.2 Å². The molecule has 2 aromatic heterocycles. The van der Waals surface area contributed by atoms with Gasteiger partial charge in [0.15, 0.2) is 5.82 Å². The van der Waals surface area contributed by atoms with E-state index in [9.17, 15) is 8.42 Å². The van der Waals surface area contributed by atoms with E-state index in [-0.39, 0.29) is 6.04 Å².